The fourth-order valence-electron chi connectivity index (χ4n) is 4.37. The van der Waals surface area contributed by atoms with Crippen molar-refractivity contribution in [1.82, 2.24) is 14.5 Å². The van der Waals surface area contributed by atoms with Crippen LogP contribution in [0, 0.1) is 0 Å². The predicted molar refractivity (Wildman–Crippen MR) is 128 cm³/mol. The second kappa shape index (κ2) is 9.49. The summed E-state index contributed by atoms with van der Waals surface area (Å²) in [6.45, 7) is 0.796. The first-order valence-corrected chi connectivity index (χ1v) is 12.0. The van der Waals surface area contributed by atoms with Crippen molar-refractivity contribution in [3.05, 3.63) is 101 Å². The van der Waals surface area contributed by atoms with Crippen LogP contribution in [0.2, 0.25) is 0 Å². The number of carbonyl (C=O) groups is 1. The Bertz CT molecular complexity index is 1160. The molecular weight excluding hydrogens is 416 g/mol. The van der Waals surface area contributed by atoms with Crippen molar-refractivity contribution in [1.29, 1.82) is 0 Å². The van der Waals surface area contributed by atoms with E-state index < -0.39 is 0 Å². The molecule has 1 aliphatic carbocycles. The van der Waals surface area contributed by atoms with Crippen molar-refractivity contribution in [2.24, 2.45) is 0 Å². The van der Waals surface area contributed by atoms with Gasteiger partial charge in [-0.05, 0) is 67.0 Å². The second-order valence-corrected chi connectivity index (χ2v) is 9.21. The Morgan fingerprint density at radius 2 is 1.84 bits per heavy atom. The van der Waals surface area contributed by atoms with E-state index in [1.165, 1.54) is 22.5 Å². The maximum atomic E-state index is 12.9. The molecule has 1 fully saturated rings. The molecule has 0 bridgehead atoms. The van der Waals surface area contributed by atoms with Crippen LogP contribution in [-0.4, -0.2) is 20.4 Å². The number of pyridine rings is 1. The fraction of sp³-hybridized carbons (Fsp3) is 0.269. The summed E-state index contributed by atoms with van der Waals surface area (Å²) in [5.74, 6) is 1.01. The minimum Gasteiger partial charge on any atom is -0.344 e. The molecule has 32 heavy (non-hydrogen) atoms. The van der Waals surface area contributed by atoms with Gasteiger partial charge in [0.15, 0.2) is 5.13 Å². The number of benzene rings is 1. The fourth-order valence-corrected chi connectivity index (χ4v) is 5.15. The average molecular weight is 443 g/mol. The molecular formula is C26H26N4OS. The van der Waals surface area contributed by atoms with Crippen molar-refractivity contribution in [3.8, 4) is 0 Å². The Hall–Kier alpha value is -3.25. The van der Waals surface area contributed by atoms with E-state index in [9.17, 15) is 4.79 Å². The van der Waals surface area contributed by atoms with Crippen LogP contribution in [0.4, 0.5) is 5.13 Å². The molecule has 5 rings (SSSR count). The maximum Gasteiger partial charge on any atom is 0.274 e. The number of anilines is 1. The number of hydrogen-bond donors (Lipinski definition) is 1. The second-order valence-electron chi connectivity index (χ2n) is 8.35. The Balaban J connectivity index is 1.15. The number of carbonyl (C=O) groups excluding carboxylic acids is 1. The lowest BCUT2D eigenvalue weighted by Crippen LogP contribution is -2.20. The average Bonchev–Trinajstić information content (AvgIpc) is 3.44. The monoisotopic (exact) mass is 442 g/mol. The number of nitrogens with one attached hydrogen (secondary N) is 1. The van der Waals surface area contributed by atoms with E-state index in [0.29, 0.717) is 22.7 Å². The topological polar surface area (TPSA) is 59.8 Å². The summed E-state index contributed by atoms with van der Waals surface area (Å²) in [6.07, 6.45) is 9.78. The molecule has 0 aliphatic heterocycles. The van der Waals surface area contributed by atoms with Gasteiger partial charge in [0.25, 0.3) is 5.91 Å². The number of aromatic nitrogens is 3. The molecule has 0 unspecified atom stereocenters. The number of rotatable bonds is 8. The van der Waals surface area contributed by atoms with Crippen LogP contribution in [0.15, 0.2) is 78.6 Å². The van der Waals surface area contributed by atoms with E-state index in [4.69, 9.17) is 4.98 Å². The normalized spacial score (nSPS) is 17.6. The van der Waals surface area contributed by atoms with Gasteiger partial charge >= 0.3 is 0 Å². The lowest BCUT2D eigenvalue weighted by atomic mass is 9.70. The Morgan fingerprint density at radius 1 is 1.03 bits per heavy atom. The quantitative estimate of drug-likeness (QED) is 0.370. The minimum absolute atomic E-state index is 0.101. The van der Waals surface area contributed by atoms with Gasteiger partial charge in [-0.3, -0.25) is 15.1 Å². The maximum absolute atomic E-state index is 12.9. The van der Waals surface area contributed by atoms with Crippen LogP contribution in [0.5, 0.6) is 0 Å². The lowest BCUT2D eigenvalue weighted by molar-refractivity contribution is 0.101. The molecule has 6 heteroatoms. The van der Waals surface area contributed by atoms with Gasteiger partial charge in [0, 0.05) is 36.4 Å². The molecule has 0 spiro atoms. The van der Waals surface area contributed by atoms with Crippen molar-refractivity contribution in [3.63, 3.8) is 0 Å². The number of hydrogen-bond acceptors (Lipinski definition) is 4. The summed E-state index contributed by atoms with van der Waals surface area (Å²) >= 11 is 1.51. The standard InChI is InChI=1S/C26H26N4OS/c31-25(24-9-5-15-30(24)14-4-6-19-10-12-27-13-11-19)29-26-28-23(18-32-26)22-16-21(17-22)20-7-2-1-3-8-20/h1-3,5,7-13,15,18,21-22H,4,6,14,16-17H2,(H,28,29,31)/t21-,22-. The third kappa shape index (κ3) is 4.65. The van der Waals surface area contributed by atoms with E-state index >= 15 is 0 Å². The molecule has 1 aliphatic rings. The smallest absolute Gasteiger partial charge is 0.274 e. The van der Waals surface area contributed by atoms with Gasteiger partial charge in [-0.15, -0.1) is 11.3 Å². The van der Waals surface area contributed by atoms with Crippen LogP contribution >= 0.6 is 11.3 Å². The zero-order chi connectivity index (χ0) is 21.8. The highest BCUT2D eigenvalue weighted by Gasteiger charge is 2.33. The van der Waals surface area contributed by atoms with Gasteiger partial charge < -0.3 is 4.57 Å². The predicted octanol–water partition coefficient (Wildman–Crippen LogP) is 5.89. The van der Waals surface area contributed by atoms with Crippen molar-refractivity contribution >= 4 is 22.4 Å². The van der Waals surface area contributed by atoms with Crippen LogP contribution < -0.4 is 5.32 Å². The number of amides is 1. The lowest BCUT2D eigenvalue weighted by Gasteiger charge is -2.34. The first-order valence-electron chi connectivity index (χ1n) is 11.1. The summed E-state index contributed by atoms with van der Waals surface area (Å²) in [4.78, 5) is 21.6. The number of thiazole rings is 1. The molecule has 0 atom stereocenters. The molecule has 4 aromatic rings. The van der Waals surface area contributed by atoms with Gasteiger partial charge in [-0.25, -0.2) is 4.98 Å². The van der Waals surface area contributed by atoms with Crippen LogP contribution in [0.25, 0.3) is 0 Å². The van der Waals surface area contributed by atoms with Crippen LogP contribution in [-0.2, 0) is 13.0 Å². The highest BCUT2D eigenvalue weighted by molar-refractivity contribution is 7.14. The molecule has 3 heterocycles. The SMILES string of the molecule is O=C(Nc1nc([C@H]2C[C@H](c3ccccc3)C2)cs1)c1cccn1CCCc1ccncc1. The Labute approximate surface area is 192 Å². The third-order valence-electron chi connectivity index (χ3n) is 6.25. The zero-order valence-corrected chi connectivity index (χ0v) is 18.7. The van der Waals surface area contributed by atoms with E-state index in [2.05, 4.69) is 46.0 Å². The van der Waals surface area contributed by atoms with Gasteiger partial charge in [0.1, 0.15) is 5.69 Å². The van der Waals surface area contributed by atoms with E-state index in [-0.39, 0.29) is 5.91 Å². The summed E-state index contributed by atoms with van der Waals surface area (Å²) in [7, 11) is 0. The van der Waals surface area contributed by atoms with Crippen molar-refractivity contribution in [2.45, 2.75) is 44.1 Å². The molecule has 3 aromatic heterocycles. The van der Waals surface area contributed by atoms with Crippen LogP contribution in [0.3, 0.4) is 0 Å². The van der Waals surface area contributed by atoms with Gasteiger partial charge in [-0.1, -0.05) is 30.3 Å². The van der Waals surface area contributed by atoms with Gasteiger partial charge in [0.05, 0.1) is 5.69 Å². The Morgan fingerprint density at radius 3 is 2.66 bits per heavy atom. The molecule has 0 saturated heterocycles. The highest BCUT2D eigenvalue weighted by Crippen LogP contribution is 2.47. The Kier molecular flexibility index (Phi) is 6.12. The third-order valence-corrected chi connectivity index (χ3v) is 7.02. The van der Waals surface area contributed by atoms with E-state index in [0.717, 1.165) is 37.9 Å². The summed E-state index contributed by atoms with van der Waals surface area (Å²) < 4.78 is 2.02. The minimum atomic E-state index is -0.101. The van der Waals surface area contributed by atoms with E-state index in [1.54, 1.807) is 0 Å². The molecule has 1 amide bonds. The van der Waals surface area contributed by atoms with Gasteiger partial charge in [0.2, 0.25) is 0 Å². The summed E-state index contributed by atoms with van der Waals surface area (Å²) in [5.41, 5.74) is 4.45. The van der Waals surface area contributed by atoms with Crippen molar-refractivity contribution in [2.75, 3.05) is 5.32 Å². The molecule has 0 radical (unpaired) electrons. The first kappa shape index (κ1) is 20.6. The molecule has 1 N–H and O–H groups in total. The number of nitrogens with zero attached hydrogens (tertiary/aromatic N) is 3. The molecule has 162 valence electrons. The van der Waals surface area contributed by atoms with Crippen molar-refractivity contribution < 1.29 is 4.79 Å². The summed E-state index contributed by atoms with van der Waals surface area (Å²) in [6, 6.07) is 18.6. The molecule has 5 nitrogen and oxygen atoms in total. The van der Waals surface area contributed by atoms with Crippen LogP contribution in [0.1, 0.15) is 58.4 Å². The largest absolute Gasteiger partial charge is 0.344 e. The van der Waals surface area contributed by atoms with E-state index in [1.807, 2.05) is 47.4 Å². The molecule has 1 aromatic carbocycles. The zero-order valence-electron chi connectivity index (χ0n) is 17.9. The molecule has 1 saturated carbocycles. The number of aryl methyl sites for hydroxylation is 2. The van der Waals surface area contributed by atoms with Gasteiger partial charge in [-0.2, -0.15) is 0 Å². The highest BCUT2D eigenvalue weighted by atomic mass is 32.1. The summed E-state index contributed by atoms with van der Waals surface area (Å²) in [5, 5.41) is 5.77. The first-order chi connectivity index (χ1) is 15.8.